The largest absolute Gasteiger partial charge is 0.493 e. The molecule has 0 aliphatic carbocycles. The predicted octanol–water partition coefficient (Wildman–Crippen LogP) is 4.02. The Morgan fingerprint density at radius 1 is 0.921 bits per heavy atom. The second-order valence-corrected chi connectivity index (χ2v) is 8.81. The molecular weight excluding hydrogens is 506 g/mol. The minimum Gasteiger partial charge on any atom is -0.493 e. The molecule has 1 fully saturated rings. The fourth-order valence-electron chi connectivity index (χ4n) is 4.20. The molecule has 1 saturated heterocycles. The molecule has 0 aromatic heterocycles. The molecule has 3 aromatic rings. The Bertz CT molecular complexity index is 1350. The highest BCUT2D eigenvalue weighted by Crippen LogP contribution is 2.32. The van der Waals surface area contributed by atoms with Crippen molar-refractivity contribution in [3.05, 3.63) is 83.9 Å². The van der Waals surface area contributed by atoms with E-state index < -0.39 is 12.0 Å². The highest BCUT2D eigenvalue weighted by atomic mass is 32.1. The van der Waals surface area contributed by atoms with Crippen molar-refractivity contribution in [3.63, 3.8) is 0 Å². The second-order valence-electron chi connectivity index (χ2n) is 8.45. The van der Waals surface area contributed by atoms with Crippen molar-refractivity contribution < 1.29 is 28.6 Å². The molecule has 1 aliphatic rings. The van der Waals surface area contributed by atoms with E-state index >= 15 is 0 Å². The molecule has 0 radical (unpaired) electrons. The normalized spacial score (nSPS) is 14.9. The molecule has 1 N–H and O–H groups in total. The van der Waals surface area contributed by atoms with Gasteiger partial charge in [0.25, 0.3) is 5.91 Å². The maximum absolute atomic E-state index is 13.6. The van der Waals surface area contributed by atoms with E-state index in [9.17, 15) is 14.4 Å². The lowest BCUT2D eigenvalue weighted by Crippen LogP contribution is -2.37. The molecule has 3 aromatic carbocycles. The Kier molecular flexibility index (Phi) is 8.22. The summed E-state index contributed by atoms with van der Waals surface area (Å²) in [6.45, 7) is 0.278. The van der Waals surface area contributed by atoms with E-state index in [4.69, 9.17) is 26.4 Å². The molecule has 1 unspecified atom stereocenters. The van der Waals surface area contributed by atoms with Gasteiger partial charge in [0, 0.05) is 12.2 Å². The minimum atomic E-state index is -0.829. The number of benzene rings is 3. The van der Waals surface area contributed by atoms with Crippen LogP contribution in [0.25, 0.3) is 0 Å². The summed E-state index contributed by atoms with van der Waals surface area (Å²) in [6.07, 6.45) is -0.131. The molecule has 38 heavy (non-hydrogen) atoms. The predicted molar refractivity (Wildman–Crippen MR) is 146 cm³/mol. The summed E-state index contributed by atoms with van der Waals surface area (Å²) in [5.41, 5.74) is 2.31. The summed E-state index contributed by atoms with van der Waals surface area (Å²) in [6, 6.07) is 20.0. The number of hydrogen-bond acceptors (Lipinski definition) is 7. The third-order valence-electron chi connectivity index (χ3n) is 6.10. The van der Waals surface area contributed by atoms with Gasteiger partial charge < -0.3 is 24.4 Å². The number of nitrogens with zero attached hydrogens (tertiary/aromatic N) is 2. The van der Waals surface area contributed by atoms with Crippen LogP contribution in [0.1, 0.15) is 22.3 Å². The Morgan fingerprint density at radius 3 is 2.24 bits per heavy atom. The summed E-state index contributed by atoms with van der Waals surface area (Å²) < 4.78 is 15.4. The Labute approximate surface area is 225 Å². The quantitative estimate of drug-likeness (QED) is 0.325. The summed E-state index contributed by atoms with van der Waals surface area (Å²) in [4.78, 5) is 41.5. The molecule has 0 bridgehead atoms. The van der Waals surface area contributed by atoms with Crippen LogP contribution in [0.15, 0.2) is 72.8 Å². The molecule has 2 amide bonds. The number of ether oxygens (including phenoxy) is 3. The number of esters is 1. The lowest BCUT2D eigenvalue weighted by Gasteiger charge is -2.24. The molecule has 9 nitrogen and oxygen atoms in total. The van der Waals surface area contributed by atoms with Gasteiger partial charge in [0.1, 0.15) is 6.04 Å². The van der Waals surface area contributed by atoms with Gasteiger partial charge >= 0.3 is 5.97 Å². The van der Waals surface area contributed by atoms with E-state index in [1.807, 2.05) is 30.3 Å². The first kappa shape index (κ1) is 26.6. The van der Waals surface area contributed by atoms with Gasteiger partial charge in [0.15, 0.2) is 16.6 Å². The van der Waals surface area contributed by atoms with Crippen molar-refractivity contribution in [1.82, 2.24) is 4.90 Å². The maximum atomic E-state index is 13.6. The van der Waals surface area contributed by atoms with Crippen molar-refractivity contribution in [2.45, 2.75) is 19.0 Å². The number of hydrogen-bond donors (Lipinski definition) is 1. The van der Waals surface area contributed by atoms with Gasteiger partial charge in [-0.05, 0) is 66.3 Å². The van der Waals surface area contributed by atoms with Crippen LogP contribution in [0.3, 0.4) is 0 Å². The first-order chi connectivity index (χ1) is 18.4. The van der Waals surface area contributed by atoms with Gasteiger partial charge in [-0.15, -0.1) is 0 Å². The van der Waals surface area contributed by atoms with Crippen LogP contribution in [0.2, 0.25) is 0 Å². The van der Waals surface area contributed by atoms with Crippen molar-refractivity contribution in [2.24, 2.45) is 0 Å². The van der Waals surface area contributed by atoms with E-state index in [1.54, 1.807) is 61.6 Å². The van der Waals surface area contributed by atoms with Crippen LogP contribution in [0, 0.1) is 0 Å². The second kappa shape index (κ2) is 11.7. The van der Waals surface area contributed by atoms with Gasteiger partial charge in [-0.1, -0.05) is 24.3 Å². The van der Waals surface area contributed by atoms with Crippen molar-refractivity contribution in [2.75, 3.05) is 31.5 Å². The number of amides is 2. The standard InChI is InChI=1S/C28H27N3O6S/c1-35-23-14-9-18(15-24(23)36-2)17-30-22(26(33)31(28(30)38)21-7-5-4-6-8-21)16-25(32)29-20-12-10-19(11-13-20)27(34)37-3/h4-15,22H,16-17H2,1-3H3,(H,29,32). The van der Waals surface area contributed by atoms with Crippen molar-refractivity contribution in [1.29, 1.82) is 0 Å². The lowest BCUT2D eigenvalue weighted by molar-refractivity contribution is -0.124. The number of para-hydroxylation sites is 1. The van der Waals surface area contributed by atoms with Crippen LogP contribution in [-0.4, -0.2) is 55.2 Å². The highest BCUT2D eigenvalue weighted by molar-refractivity contribution is 7.80. The topological polar surface area (TPSA) is 97.4 Å². The molecule has 196 valence electrons. The summed E-state index contributed by atoms with van der Waals surface area (Å²) in [5, 5.41) is 3.09. The van der Waals surface area contributed by atoms with Crippen LogP contribution in [0.4, 0.5) is 11.4 Å². The van der Waals surface area contributed by atoms with Crippen LogP contribution in [-0.2, 0) is 20.9 Å². The Hall–Kier alpha value is -4.44. The average Bonchev–Trinajstić information content (AvgIpc) is 3.17. The maximum Gasteiger partial charge on any atom is 0.337 e. The van der Waals surface area contributed by atoms with E-state index in [-0.39, 0.29) is 24.8 Å². The molecule has 1 heterocycles. The first-order valence-electron chi connectivity index (χ1n) is 11.7. The van der Waals surface area contributed by atoms with Crippen molar-refractivity contribution in [3.8, 4) is 11.5 Å². The summed E-state index contributed by atoms with van der Waals surface area (Å²) in [5.74, 6) is -0.00996. The zero-order chi connectivity index (χ0) is 27.2. The monoisotopic (exact) mass is 533 g/mol. The number of methoxy groups -OCH3 is 3. The fourth-order valence-corrected chi connectivity index (χ4v) is 4.59. The third-order valence-corrected chi connectivity index (χ3v) is 6.52. The molecule has 1 atom stereocenters. The van der Waals surface area contributed by atoms with Crippen molar-refractivity contribution >= 4 is 46.5 Å². The van der Waals surface area contributed by atoms with Gasteiger partial charge in [0.05, 0.1) is 39.0 Å². The first-order valence-corrected chi connectivity index (χ1v) is 12.2. The van der Waals surface area contributed by atoms with Crippen LogP contribution in [0.5, 0.6) is 11.5 Å². The zero-order valence-corrected chi connectivity index (χ0v) is 22.0. The van der Waals surface area contributed by atoms with E-state index in [2.05, 4.69) is 5.32 Å². The van der Waals surface area contributed by atoms with Gasteiger partial charge in [0.2, 0.25) is 5.91 Å². The van der Waals surface area contributed by atoms with Crippen LogP contribution >= 0.6 is 12.2 Å². The van der Waals surface area contributed by atoms with Gasteiger partial charge in [-0.2, -0.15) is 0 Å². The highest BCUT2D eigenvalue weighted by Gasteiger charge is 2.44. The van der Waals surface area contributed by atoms with E-state index in [0.717, 1.165) is 5.56 Å². The molecule has 10 heteroatoms. The number of carbonyl (C=O) groups excluding carboxylic acids is 3. The van der Waals surface area contributed by atoms with E-state index in [1.165, 1.54) is 12.0 Å². The smallest absolute Gasteiger partial charge is 0.337 e. The molecule has 1 aliphatic heterocycles. The zero-order valence-electron chi connectivity index (χ0n) is 21.2. The van der Waals surface area contributed by atoms with Crippen LogP contribution < -0.4 is 19.7 Å². The molecule has 0 saturated carbocycles. The number of anilines is 2. The number of nitrogens with one attached hydrogen (secondary N) is 1. The molecular formula is C28H27N3O6S. The number of carbonyl (C=O) groups is 3. The Balaban J connectivity index is 1.58. The van der Waals surface area contributed by atoms with Gasteiger partial charge in [-0.3, -0.25) is 14.5 Å². The summed E-state index contributed by atoms with van der Waals surface area (Å²) >= 11 is 5.74. The Morgan fingerprint density at radius 2 is 1.61 bits per heavy atom. The average molecular weight is 534 g/mol. The van der Waals surface area contributed by atoms with Gasteiger partial charge in [-0.25, -0.2) is 4.79 Å². The van der Waals surface area contributed by atoms with E-state index in [0.29, 0.717) is 33.5 Å². The summed E-state index contributed by atoms with van der Waals surface area (Å²) in [7, 11) is 4.41. The molecule has 0 spiro atoms. The SMILES string of the molecule is COC(=O)c1ccc(NC(=O)CC2C(=O)N(c3ccccc3)C(=S)N2Cc2ccc(OC)c(OC)c2)cc1. The lowest BCUT2D eigenvalue weighted by atomic mass is 10.1. The number of rotatable bonds is 9. The number of thiocarbonyl (C=S) groups is 1. The fraction of sp³-hybridized carbons (Fsp3) is 0.214. The third kappa shape index (κ3) is 5.60. The minimum absolute atomic E-state index is 0.131. The molecule has 4 rings (SSSR count).